The fraction of sp³-hybridized carbons (Fsp3) is 0.385. The van der Waals surface area contributed by atoms with Gasteiger partial charge in [-0.2, -0.15) is 0 Å². The molecule has 3 aromatic rings. The van der Waals surface area contributed by atoms with Gasteiger partial charge in [-0.3, -0.25) is 9.59 Å². The van der Waals surface area contributed by atoms with Crippen LogP contribution in [0.15, 0.2) is 48.7 Å². The number of fused-ring (bicyclic) bond motifs is 2. The average molecular weight is 449 g/mol. The number of ether oxygens (including phenoxy) is 3. The molecule has 1 fully saturated rings. The monoisotopic (exact) mass is 448 g/mol. The fourth-order valence-corrected chi connectivity index (χ4v) is 4.93. The normalized spacial score (nSPS) is 16.7. The first-order valence-electron chi connectivity index (χ1n) is 11.5. The molecule has 0 saturated carbocycles. The SMILES string of the molecule is CCOC(=O)C1CCN(C(=O)CC(c2cccc3c2OCO3)c2c[nH]c3ccccc23)CC1. The summed E-state index contributed by atoms with van der Waals surface area (Å²) in [5, 5.41) is 1.09. The second-order valence-electron chi connectivity index (χ2n) is 8.53. The van der Waals surface area contributed by atoms with Crippen molar-refractivity contribution in [2.24, 2.45) is 5.92 Å². The minimum absolute atomic E-state index is 0.0732. The van der Waals surface area contributed by atoms with Gasteiger partial charge in [0.2, 0.25) is 12.7 Å². The van der Waals surface area contributed by atoms with Crippen molar-refractivity contribution >= 4 is 22.8 Å². The Balaban J connectivity index is 1.41. The molecule has 5 rings (SSSR count). The van der Waals surface area contributed by atoms with Crippen LogP contribution in [0.1, 0.15) is 43.2 Å². The average Bonchev–Trinajstić information content (AvgIpc) is 3.50. The molecule has 1 unspecified atom stereocenters. The molecule has 172 valence electrons. The van der Waals surface area contributed by atoms with Crippen LogP contribution in [0.4, 0.5) is 0 Å². The number of likely N-dealkylation sites (tertiary alicyclic amines) is 1. The number of nitrogens with zero attached hydrogens (tertiary/aromatic N) is 1. The number of hydrogen-bond donors (Lipinski definition) is 1. The van der Waals surface area contributed by atoms with E-state index in [0.717, 1.165) is 22.0 Å². The van der Waals surface area contributed by atoms with Crippen LogP contribution in [-0.2, 0) is 14.3 Å². The molecule has 3 heterocycles. The maximum Gasteiger partial charge on any atom is 0.309 e. The number of hydrogen-bond acceptors (Lipinski definition) is 5. The van der Waals surface area contributed by atoms with Gasteiger partial charge in [-0.25, -0.2) is 0 Å². The van der Waals surface area contributed by atoms with E-state index in [1.54, 1.807) is 0 Å². The van der Waals surface area contributed by atoms with Crippen molar-refractivity contribution in [3.63, 3.8) is 0 Å². The van der Waals surface area contributed by atoms with Crippen molar-refractivity contribution in [3.8, 4) is 11.5 Å². The molecule has 7 nitrogen and oxygen atoms in total. The number of para-hydroxylation sites is 2. The van der Waals surface area contributed by atoms with Crippen LogP contribution in [0.5, 0.6) is 11.5 Å². The molecule has 1 saturated heterocycles. The second kappa shape index (κ2) is 9.17. The van der Waals surface area contributed by atoms with E-state index in [1.165, 1.54) is 0 Å². The zero-order chi connectivity index (χ0) is 22.8. The quantitative estimate of drug-likeness (QED) is 0.571. The van der Waals surface area contributed by atoms with Gasteiger partial charge in [-0.05, 0) is 37.5 Å². The van der Waals surface area contributed by atoms with Crippen LogP contribution < -0.4 is 9.47 Å². The van der Waals surface area contributed by atoms with Crippen molar-refractivity contribution in [1.82, 2.24) is 9.88 Å². The summed E-state index contributed by atoms with van der Waals surface area (Å²) in [5.74, 6) is 1.03. The van der Waals surface area contributed by atoms with Crippen LogP contribution in [-0.4, -0.2) is 48.2 Å². The number of aromatic amines is 1. The number of carbonyl (C=O) groups excluding carboxylic acids is 2. The summed E-state index contributed by atoms with van der Waals surface area (Å²) in [6.45, 7) is 3.51. The molecule has 0 aliphatic carbocycles. The lowest BCUT2D eigenvalue weighted by Crippen LogP contribution is -2.41. The third-order valence-corrected chi connectivity index (χ3v) is 6.65. The maximum atomic E-state index is 13.4. The molecule has 2 aliphatic heterocycles. The van der Waals surface area contributed by atoms with Crippen LogP contribution in [0.3, 0.4) is 0 Å². The van der Waals surface area contributed by atoms with E-state index in [9.17, 15) is 9.59 Å². The van der Waals surface area contributed by atoms with Gasteiger partial charge < -0.3 is 24.1 Å². The molecule has 1 amide bonds. The van der Waals surface area contributed by atoms with Gasteiger partial charge in [0.05, 0.1) is 12.5 Å². The van der Waals surface area contributed by atoms with E-state index in [1.807, 2.05) is 54.4 Å². The molecular formula is C26H28N2O5. The first-order chi connectivity index (χ1) is 16.2. The third kappa shape index (κ3) is 4.15. The summed E-state index contributed by atoms with van der Waals surface area (Å²) < 4.78 is 16.6. The van der Waals surface area contributed by atoms with Gasteiger partial charge >= 0.3 is 5.97 Å². The molecular weight excluding hydrogens is 420 g/mol. The standard InChI is InChI=1S/C26H28N2O5/c1-2-31-26(30)17-10-12-28(13-11-17)24(29)14-20(19-7-5-9-23-25(19)33-16-32-23)21-15-27-22-8-4-3-6-18(21)22/h3-9,15,17,20,27H,2,10-14,16H2,1H3. The summed E-state index contributed by atoms with van der Waals surface area (Å²) in [5.41, 5.74) is 3.04. The zero-order valence-electron chi connectivity index (χ0n) is 18.7. The first-order valence-corrected chi connectivity index (χ1v) is 11.5. The summed E-state index contributed by atoms with van der Waals surface area (Å²) in [6.07, 6.45) is 3.58. The largest absolute Gasteiger partial charge is 0.466 e. The number of H-pyrrole nitrogens is 1. The van der Waals surface area contributed by atoms with E-state index in [4.69, 9.17) is 14.2 Å². The van der Waals surface area contributed by atoms with Crippen molar-refractivity contribution < 1.29 is 23.8 Å². The van der Waals surface area contributed by atoms with Crippen LogP contribution in [0.25, 0.3) is 10.9 Å². The molecule has 7 heteroatoms. The Bertz CT molecular complexity index is 1160. The van der Waals surface area contributed by atoms with E-state index in [-0.39, 0.29) is 30.5 Å². The number of aromatic nitrogens is 1. The highest BCUT2D eigenvalue weighted by Crippen LogP contribution is 2.44. The van der Waals surface area contributed by atoms with Gasteiger partial charge in [0, 0.05) is 48.1 Å². The zero-order valence-corrected chi connectivity index (χ0v) is 18.7. The smallest absolute Gasteiger partial charge is 0.309 e. The van der Waals surface area contributed by atoms with Crippen molar-refractivity contribution in [3.05, 3.63) is 59.8 Å². The van der Waals surface area contributed by atoms with Crippen LogP contribution in [0.2, 0.25) is 0 Å². The van der Waals surface area contributed by atoms with Gasteiger partial charge in [-0.1, -0.05) is 30.3 Å². The molecule has 1 atom stereocenters. The Kier molecular flexibility index (Phi) is 5.94. The number of amides is 1. The second-order valence-corrected chi connectivity index (χ2v) is 8.53. The van der Waals surface area contributed by atoms with Gasteiger partial charge in [0.1, 0.15) is 0 Å². The molecule has 1 N–H and O–H groups in total. The number of esters is 1. The van der Waals surface area contributed by atoms with Crippen LogP contribution in [0, 0.1) is 5.92 Å². The number of nitrogens with one attached hydrogen (secondary N) is 1. The van der Waals surface area contributed by atoms with Gasteiger partial charge in [0.25, 0.3) is 0 Å². The topological polar surface area (TPSA) is 80.9 Å². The highest BCUT2D eigenvalue weighted by molar-refractivity contribution is 5.86. The van der Waals surface area contributed by atoms with Crippen molar-refractivity contribution in [2.45, 2.75) is 32.1 Å². The molecule has 33 heavy (non-hydrogen) atoms. The lowest BCUT2D eigenvalue weighted by Gasteiger charge is -2.32. The van der Waals surface area contributed by atoms with E-state index in [2.05, 4.69) is 11.1 Å². The summed E-state index contributed by atoms with van der Waals surface area (Å²) in [6, 6.07) is 14.0. The predicted molar refractivity (Wildman–Crippen MR) is 123 cm³/mol. The number of carbonyl (C=O) groups is 2. The number of benzene rings is 2. The molecule has 0 bridgehead atoms. The van der Waals surface area contributed by atoms with E-state index < -0.39 is 0 Å². The Morgan fingerprint density at radius 3 is 2.73 bits per heavy atom. The Morgan fingerprint density at radius 1 is 1.09 bits per heavy atom. The summed E-state index contributed by atoms with van der Waals surface area (Å²) in [7, 11) is 0. The minimum Gasteiger partial charge on any atom is -0.466 e. The number of piperidine rings is 1. The third-order valence-electron chi connectivity index (χ3n) is 6.65. The Hall–Kier alpha value is -3.48. The molecule has 2 aliphatic rings. The van der Waals surface area contributed by atoms with Crippen LogP contribution >= 0.6 is 0 Å². The Labute approximate surface area is 192 Å². The highest BCUT2D eigenvalue weighted by Gasteiger charge is 2.32. The lowest BCUT2D eigenvalue weighted by atomic mass is 9.86. The Morgan fingerprint density at radius 2 is 1.91 bits per heavy atom. The summed E-state index contributed by atoms with van der Waals surface area (Å²) >= 11 is 0. The predicted octanol–water partition coefficient (Wildman–Crippen LogP) is 4.22. The van der Waals surface area contributed by atoms with Gasteiger partial charge in [0.15, 0.2) is 11.5 Å². The van der Waals surface area contributed by atoms with E-state index >= 15 is 0 Å². The first kappa shape index (κ1) is 21.4. The molecule has 0 spiro atoms. The highest BCUT2D eigenvalue weighted by atomic mass is 16.7. The van der Waals surface area contributed by atoms with E-state index in [0.29, 0.717) is 50.5 Å². The lowest BCUT2D eigenvalue weighted by molar-refractivity contribution is -0.151. The number of rotatable bonds is 6. The maximum absolute atomic E-state index is 13.4. The van der Waals surface area contributed by atoms with Crippen molar-refractivity contribution in [1.29, 1.82) is 0 Å². The molecule has 2 aromatic carbocycles. The summed E-state index contributed by atoms with van der Waals surface area (Å²) in [4.78, 5) is 30.7. The molecule has 0 radical (unpaired) electrons. The minimum atomic E-state index is -0.187. The fourth-order valence-electron chi connectivity index (χ4n) is 4.93. The van der Waals surface area contributed by atoms with Crippen molar-refractivity contribution in [2.75, 3.05) is 26.5 Å². The van der Waals surface area contributed by atoms with Gasteiger partial charge in [-0.15, -0.1) is 0 Å². The molecule has 1 aromatic heterocycles.